The van der Waals surface area contributed by atoms with E-state index in [0.717, 1.165) is 14.9 Å². The van der Waals surface area contributed by atoms with E-state index in [4.69, 9.17) is 4.74 Å². The lowest BCUT2D eigenvalue weighted by molar-refractivity contribution is 0.0785. The molecule has 20 heavy (non-hydrogen) atoms. The van der Waals surface area contributed by atoms with Gasteiger partial charge in [0.2, 0.25) is 0 Å². The van der Waals surface area contributed by atoms with Crippen LogP contribution < -0.4 is 4.74 Å². The number of hydrogen-bond acceptors (Lipinski definition) is 2. The van der Waals surface area contributed by atoms with Crippen LogP contribution >= 0.6 is 22.6 Å². The molecule has 0 unspecified atom stereocenters. The molecule has 3 nitrogen and oxygen atoms in total. The average Bonchev–Trinajstić information content (AvgIpc) is 2.48. The first-order chi connectivity index (χ1) is 9.60. The van der Waals surface area contributed by atoms with Crippen LogP contribution in [0.5, 0.6) is 5.75 Å². The van der Waals surface area contributed by atoms with Gasteiger partial charge in [-0.2, -0.15) is 0 Å². The number of carbonyl (C=O) groups is 1. The van der Waals surface area contributed by atoms with Crippen LogP contribution in [0.1, 0.15) is 15.9 Å². The summed E-state index contributed by atoms with van der Waals surface area (Å²) >= 11 is 2.23. The molecule has 0 aliphatic carbocycles. The van der Waals surface area contributed by atoms with Gasteiger partial charge in [-0.25, -0.2) is 0 Å². The van der Waals surface area contributed by atoms with Crippen LogP contribution in [0.25, 0.3) is 0 Å². The second-order valence-corrected chi connectivity index (χ2v) is 5.76. The van der Waals surface area contributed by atoms with Gasteiger partial charge in [0.25, 0.3) is 5.91 Å². The Kier molecular flexibility index (Phi) is 5.00. The van der Waals surface area contributed by atoms with Crippen molar-refractivity contribution in [1.29, 1.82) is 0 Å². The summed E-state index contributed by atoms with van der Waals surface area (Å²) in [5.41, 5.74) is 1.79. The van der Waals surface area contributed by atoms with Gasteiger partial charge in [0.1, 0.15) is 5.75 Å². The molecule has 0 aliphatic heterocycles. The molecular formula is C16H16INO2. The van der Waals surface area contributed by atoms with Crippen LogP contribution in [0.4, 0.5) is 0 Å². The summed E-state index contributed by atoms with van der Waals surface area (Å²) in [6.45, 7) is 0.578. The maximum atomic E-state index is 12.3. The van der Waals surface area contributed by atoms with Gasteiger partial charge in [-0.15, -0.1) is 0 Å². The second kappa shape index (κ2) is 6.74. The van der Waals surface area contributed by atoms with Crippen molar-refractivity contribution in [3.05, 3.63) is 63.2 Å². The minimum Gasteiger partial charge on any atom is -0.497 e. The quantitative estimate of drug-likeness (QED) is 0.758. The molecule has 0 aliphatic rings. The van der Waals surface area contributed by atoms with Crippen molar-refractivity contribution in [3.8, 4) is 5.75 Å². The Hall–Kier alpha value is -1.56. The van der Waals surface area contributed by atoms with Gasteiger partial charge in [-0.05, 0) is 64.6 Å². The lowest BCUT2D eigenvalue weighted by Gasteiger charge is -2.17. The Morgan fingerprint density at radius 1 is 1.10 bits per heavy atom. The topological polar surface area (TPSA) is 29.5 Å². The first-order valence-electron chi connectivity index (χ1n) is 6.24. The van der Waals surface area contributed by atoms with Crippen molar-refractivity contribution in [1.82, 2.24) is 4.90 Å². The number of carbonyl (C=O) groups excluding carboxylic acids is 1. The summed E-state index contributed by atoms with van der Waals surface area (Å²) in [6.07, 6.45) is 0. The van der Waals surface area contributed by atoms with Crippen LogP contribution in [-0.2, 0) is 6.54 Å². The molecule has 0 N–H and O–H groups in total. The van der Waals surface area contributed by atoms with E-state index in [1.807, 2.05) is 55.6 Å². The minimum absolute atomic E-state index is 0.0252. The fourth-order valence-corrected chi connectivity index (χ4v) is 2.25. The molecule has 2 rings (SSSR count). The molecule has 0 heterocycles. The van der Waals surface area contributed by atoms with Crippen molar-refractivity contribution < 1.29 is 9.53 Å². The zero-order valence-electron chi connectivity index (χ0n) is 11.5. The van der Waals surface area contributed by atoms with Crippen molar-refractivity contribution in [3.63, 3.8) is 0 Å². The van der Waals surface area contributed by atoms with Gasteiger partial charge in [-0.1, -0.05) is 12.1 Å². The molecule has 0 spiro atoms. The van der Waals surface area contributed by atoms with Gasteiger partial charge in [0.15, 0.2) is 0 Å². The molecule has 1 amide bonds. The maximum Gasteiger partial charge on any atom is 0.253 e. The fourth-order valence-electron chi connectivity index (χ4n) is 1.89. The van der Waals surface area contributed by atoms with Crippen LogP contribution in [-0.4, -0.2) is 25.0 Å². The SMILES string of the molecule is COc1ccc(CN(C)C(=O)c2ccc(I)cc2)cc1. The Balaban J connectivity index is 2.04. The molecule has 0 saturated heterocycles. The molecule has 2 aromatic rings. The van der Waals surface area contributed by atoms with Crippen LogP contribution in [0.3, 0.4) is 0 Å². The number of methoxy groups -OCH3 is 1. The van der Waals surface area contributed by atoms with Crippen LogP contribution in [0.2, 0.25) is 0 Å². The van der Waals surface area contributed by atoms with Gasteiger partial charge >= 0.3 is 0 Å². The highest BCUT2D eigenvalue weighted by Crippen LogP contribution is 2.14. The van der Waals surface area contributed by atoms with Crippen molar-refractivity contribution in [2.24, 2.45) is 0 Å². The van der Waals surface area contributed by atoms with Gasteiger partial charge in [0, 0.05) is 22.7 Å². The highest BCUT2D eigenvalue weighted by Gasteiger charge is 2.11. The smallest absolute Gasteiger partial charge is 0.253 e. The van der Waals surface area contributed by atoms with E-state index in [0.29, 0.717) is 12.1 Å². The summed E-state index contributed by atoms with van der Waals surface area (Å²) in [5.74, 6) is 0.845. The molecule has 0 atom stereocenters. The third-order valence-corrected chi connectivity index (χ3v) is 3.74. The molecule has 0 bridgehead atoms. The van der Waals surface area contributed by atoms with Crippen molar-refractivity contribution in [2.45, 2.75) is 6.54 Å². The highest BCUT2D eigenvalue weighted by atomic mass is 127. The molecule has 4 heteroatoms. The van der Waals surface area contributed by atoms with E-state index in [1.54, 1.807) is 12.0 Å². The first kappa shape index (κ1) is 14.8. The zero-order valence-corrected chi connectivity index (χ0v) is 13.6. The van der Waals surface area contributed by atoms with Gasteiger partial charge < -0.3 is 9.64 Å². The number of amides is 1. The predicted molar refractivity (Wildman–Crippen MR) is 88.0 cm³/mol. The van der Waals surface area contributed by atoms with Gasteiger partial charge in [-0.3, -0.25) is 4.79 Å². The van der Waals surface area contributed by atoms with Crippen LogP contribution in [0.15, 0.2) is 48.5 Å². The largest absolute Gasteiger partial charge is 0.497 e. The Bertz CT molecular complexity index is 578. The van der Waals surface area contributed by atoms with E-state index >= 15 is 0 Å². The summed E-state index contributed by atoms with van der Waals surface area (Å²) in [7, 11) is 3.45. The number of hydrogen-bond donors (Lipinski definition) is 0. The summed E-state index contributed by atoms with van der Waals surface area (Å²) in [5, 5.41) is 0. The van der Waals surface area contributed by atoms with E-state index in [9.17, 15) is 4.79 Å². The van der Waals surface area contributed by atoms with E-state index in [-0.39, 0.29) is 5.91 Å². The third kappa shape index (κ3) is 3.72. The summed E-state index contributed by atoms with van der Waals surface area (Å²) in [4.78, 5) is 14.0. The molecular weight excluding hydrogens is 365 g/mol. The number of rotatable bonds is 4. The van der Waals surface area contributed by atoms with Crippen molar-refractivity contribution in [2.75, 3.05) is 14.2 Å². The molecule has 0 aromatic heterocycles. The van der Waals surface area contributed by atoms with E-state index in [2.05, 4.69) is 22.6 Å². The maximum absolute atomic E-state index is 12.3. The lowest BCUT2D eigenvalue weighted by atomic mass is 10.1. The van der Waals surface area contributed by atoms with Crippen LogP contribution in [0, 0.1) is 3.57 Å². The number of halogens is 1. The number of benzene rings is 2. The summed E-state index contributed by atoms with van der Waals surface area (Å²) < 4.78 is 6.24. The fraction of sp³-hybridized carbons (Fsp3) is 0.188. The molecule has 2 aromatic carbocycles. The molecule has 0 fully saturated rings. The monoisotopic (exact) mass is 381 g/mol. The standard InChI is InChI=1S/C16H16INO2/c1-18(11-12-3-9-15(20-2)10-4-12)16(19)13-5-7-14(17)8-6-13/h3-10H,11H2,1-2H3. The predicted octanol–water partition coefficient (Wildman–Crippen LogP) is 3.57. The molecule has 0 saturated carbocycles. The third-order valence-electron chi connectivity index (χ3n) is 3.02. The Morgan fingerprint density at radius 2 is 1.70 bits per heavy atom. The number of nitrogens with zero attached hydrogens (tertiary/aromatic N) is 1. The minimum atomic E-state index is 0.0252. The van der Waals surface area contributed by atoms with Crippen molar-refractivity contribution >= 4 is 28.5 Å². The lowest BCUT2D eigenvalue weighted by Crippen LogP contribution is -2.26. The first-order valence-corrected chi connectivity index (χ1v) is 7.32. The summed E-state index contributed by atoms with van der Waals surface area (Å²) in [6, 6.07) is 15.3. The van der Waals surface area contributed by atoms with E-state index in [1.165, 1.54) is 0 Å². The zero-order chi connectivity index (χ0) is 14.5. The van der Waals surface area contributed by atoms with Gasteiger partial charge in [0.05, 0.1) is 7.11 Å². The Morgan fingerprint density at radius 3 is 2.25 bits per heavy atom. The highest BCUT2D eigenvalue weighted by molar-refractivity contribution is 14.1. The molecule has 0 radical (unpaired) electrons. The average molecular weight is 381 g/mol. The second-order valence-electron chi connectivity index (χ2n) is 4.52. The van der Waals surface area contributed by atoms with E-state index < -0.39 is 0 Å². The number of ether oxygens (including phenoxy) is 1. The normalized spacial score (nSPS) is 10.2. The Labute approximate surface area is 132 Å². The molecule has 104 valence electrons.